The Morgan fingerprint density at radius 2 is 1.68 bits per heavy atom. The summed E-state index contributed by atoms with van der Waals surface area (Å²) in [6.45, 7) is 9.37. The van der Waals surface area contributed by atoms with E-state index in [1.807, 2.05) is 50.2 Å². The molecule has 1 rings (SSSR count). The number of hydrogen-bond donors (Lipinski definition) is 1. The molecule has 140 valence electrons. The van der Waals surface area contributed by atoms with Gasteiger partial charge in [0.25, 0.3) is 0 Å². The lowest BCUT2D eigenvalue weighted by Gasteiger charge is -2.37. The van der Waals surface area contributed by atoms with Gasteiger partial charge in [-0.2, -0.15) is 13.2 Å². The van der Waals surface area contributed by atoms with E-state index in [0.29, 0.717) is 0 Å². The Bertz CT molecular complexity index is 653. The number of aliphatic hydroxyl groups is 1. The van der Waals surface area contributed by atoms with Gasteiger partial charge in [-0.3, -0.25) is 0 Å². The summed E-state index contributed by atoms with van der Waals surface area (Å²) in [4.78, 5) is 0.921. The van der Waals surface area contributed by atoms with Crippen LogP contribution in [0.1, 0.15) is 32.3 Å². The van der Waals surface area contributed by atoms with Crippen LogP contribution in [0.15, 0.2) is 29.2 Å². The number of thioether (sulfide) groups is 1. The van der Waals surface area contributed by atoms with Gasteiger partial charge in [-0.25, -0.2) is 0 Å². The Morgan fingerprint density at radius 3 is 2.16 bits per heavy atom. The van der Waals surface area contributed by atoms with Gasteiger partial charge in [-0.15, -0.1) is 23.2 Å². The van der Waals surface area contributed by atoms with E-state index in [-0.39, 0.29) is 0 Å². The molecule has 0 aliphatic rings. The number of halogens is 3. The third kappa shape index (κ3) is 6.09. The largest absolute Gasteiger partial charge is 0.418 e. The molecule has 0 bridgehead atoms. The molecule has 0 saturated heterocycles. The van der Waals surface area contributed by atoms with Gasteiger partial charge in [-0.05, 0) is 29.7 Å². The quantitative estimate of drug-likeness (QED) is 0.400. The van der Waals surface area contributed by atoms with E-state index >= 15 is 0 Å². The molecule has 0 unspecified atom stereocenters. The molecule has 0 aliphatic carbocycles. The fraction of sp³-hybridized carbons (Fsp3) is 0.579. The zero-order valence-electron chi connectivity index (χ0n) is 15.7. The molecule has 0 fully saturated rings. The van der Waals surface area contributed by atoms with Crippen LogP contribution in [0.5, 0.6) is 0 Å². The SMILES string of the molecule is CSc1ccccc1C(C)(C)C[C@@](O)(CC#C[Si](C)(C)C)C(F)(F)F. The normalized spacial score (nSPS) is 15.3. The fourth-order valence-corrected chi connectivity index (χ4v) is 4.15. The predicted molar refractivity (Wildman–Crippen MR) is 103 cm³/mol. The highest BCUT2D eigenvalue weighted by Crippen LogP contribution is 2.44. The van der Waals surface area contributed by atoms with Crippen LogP contribution < -0.4 is 0 Å². The molecular weight excluding hydrogens is 361 g/mol. The van der Waals surface area contributed by atoms with E-state index in [0.717, 1.165) is 10.5 Å². The van der Waals surface area contributed by atoms with Crippen LogP contribution in [0.3, 0.4) is 0 Å². The standard InChI is InChI=1S/C19H27F3OSSi/c1-17(2,15-10-7-8-11-16(15)24-3)14-18(23,19(20,21)22)12-9-13-25(4,5)6/h7-8,10-11,23H,12,14H2,1-6H3/t18-/m0/s1. The molecule has 1 nitrogen and oxygen atoms in total. The van der Waals surface area contributed by atoms with Crippen molar-refractivity contribution in [2.24, 2.45) is 0 Å². The van der Waals surface area contributed by atoms with Gasteiger partial charge in [0.15, 0.2) is 5.60 Å². The molecule has 1 atom stereocenters. The minimum absolute atomic E-state index is 0.429. The maximum Gasteiger partial charge on any atom is 0.418 e. The minimum Gasteiger partial charge on any atom is -0.380 e. The molecular formula is C19H27F3OSSi. The Morgan fingerprint density at radius 1 is 1.12 bits per heavy atom. The predicted octanol–water partition coefficient (Wildman–Crippen LogP) is 5.64. The average molecular weight is 389 g/mol. The molecule has 0 aliphatic heterocycles. The first-order valence-electron chi connectivity index (χ1n) is 8.14. The summed E-state index contributed by atoms with van der Waals surface area (Å²) in [5.74, 6) is 2.61. The van der Waals surface area contributed by atoms with E-state index in [2.05, 4.69) is 11.5 Å². The highest BCUT2D eigenvalue weighted by Gasteiger charge is 2.55. The van der Waals surface area contributed by atoms with Crippen molar-refractivity contribution in [2.45, 2.75) is 68.4 Å². The van der Waals surface area contributed by atoms with Gasteiger partial charge in [0.05, 0.1) is 0 Å². The van der Waals surface area contributed by atoms with Crippen LogP contribution in [0.25, 0.3) is 0 Å². The third-order valence-electron chi connectivity index (χ3n) is 3.94. The lowest BCUT2D eigenvalue weighted by Crippen LogP contribution is -2.49. The van der Waals surface area contributed by atoms with Crippen LogP contribution in [0, 0.1) is 11.5 Å². The Kier molecular flexibility index (Phi) is 6.88. The highest BCUT2D eigenvalue weighted by atomic mass is 32.2. The van der Waals surface area contributed by atoms with E-state index in [1.54, 1.807) is 13.8 Å². The van der Waals surface area contributed by atoms with Crippen molar-refractivity contribution < 1.29 is 18.3 Å². The highest BCUT2D eigenvalue weighted by molar-refractivity contribution is 7.98. The second-order valence-electron chi connectivity index (χ2n) is 8.02. The Balaban J connectivity index is 3.22. The second kappa shape index (κ2) is 7.77. The minimum atomic E-state index is -4.73. The van der Waals surface area contributed by atoms with Crippen molar-refractivity contribution in [1.82, 2.24) is 0 Å². The second-order valence-corrected chi connectivity index (χ2v) is 13.6. The van der Waals surface area contributed by atoms with Crippen LogP contribution in [0.4, 0.5) is 13.2 Å². The molecule has 1 N–H and O–H groups in total. The summed E-state index contributed by atoms with van der Waals surface area (Å²) < 4.78 is 40.9. The van der Waals surface area contributed by atoms with Crippen LogP contribution >= 0.6 is 11.8 Å². The van der Waals surface area contributed by atoms with Gasteiger partial charge in [0.2, 0.25) is 0 Å². The first kappa shape index (κ1) is 22.1. The van der Waals surface area contributed by atoms with Crippen LogP contribution in [0.2, 0.25) is 19.6 Å². The molecule has 0 radical (unpaired) electrons. The zero-order valence-corrected chi connectivity index (χ0v) is 17.5. The molecule has 25 heavy (non-hydrogen) atoms. The number of hydrogen-bond acceptors (Lipinski definition) is 2. The van der Waals surface area contributed by atoms with E-state index in [4.69, 9.17) is 0 Å². The van der Waals surface area contributed by atoms with Crippen molar-refractivity contribution in [1.29, 1.82) is 0 Å². The van der Waals surface area contributed by atoms with Crippen LogP contribution in [-0.4, -0.2) is 31.2 Å². The van der Waals surface area contributed by atoms with Crippen molar-refractivity contribution in [3.05, 3.63) is 29.8 Å². The number of rotatable bonds is 5. The first-order valence-corrected chi connectivity index (χ1v) is 12.9. The first-order chi connectivity index (χ1) is 11.2. The molecule has 0 spiro atoms. The van der Waals surface area contributed by atoms with Gasteiger partial charge < -0.3 is 5.11 Å². The summed E-state index contributed by atoms with van der Waals surface area (Å²) in [7, 11) is -1.80. The summed E-state index contributed by atoms with van der Waals surface area (Å²) >= 11 is 1.49. The summed E-state index contributed by atoms with van der Waals surface area (Å²) in [5, 5.41) is 10.5. The van der Waals surface area contributed by atoms with E-state index in [9.17, 15) is 18.3 Å². The summed E-state index contributed by atoms with van der Waals surface area (Å²) in [5.41, 5.74) is 0.0639. The average Bonchev–Trinajstić information content (AvgIpc) is 2.44. The molecule has 1 aromatic rings. The van der Waals surface area contributed by atoms with Gasteiger partial charge in [0.1, 0.15) is 8.07 Å². The molecule has 0 heterocycles. The maximum absolute atomic E-state index is 13.6. The third-order valence-corrected chi connectivity index (χ3v) is 5.66. The summed E-state index contributed by atoms with van der Waals surface area (Å²) in [6, 6.07) is 7.39. The van der Waals surface area contributed by atoms with Crippen molar-refractivity contribution in [3.63, 3.8) is 0 Å². The fourth-order valence-electron chi connectivity index (χ4n) is 2.75. The zero-order chi connectivity index (χ0) is 19.5. The lowest BCUT2D eigenvalue weighted by atomic mass is 9.74. The monoisotopic (exact) mass is 388 g/mol. The van der Waals surface area contributed by atoms with Crippen molar-refractivity contribution in [2.75, 3.05) is 6.26 Å². The molecule has 0 saturated carbocycles. The number of alkyl halides is 3. The number of benzene rings is 1. The molecule has 0 amide bonds. The van der Waals surface area contributed by atoms with Crippen molar-refractivity contribution >= 4 is 19.8 Å². The molecule has 6 heteroatoms. The Labute approximate surface area is 154 Å². The summed E-state index contributed by atoms with van der Waals surface area (Å²) in [6.07, 6.45) is -3.86. The maximum atomic E-state index is 13.6. The smallest absolute Gasteiger partial charge is 0.380 e. The molecule has 0 aromatic heterocycles. The van der Waals surface area contributed by atoms with Crippen molar-refractivity contribution in [3.8, 4) is 11.5 Å². The van der Waals surface area contributed by atoms with E-state index in [1.165, 1.54) is 11.8 Å². The molecule has 1 aromatic carbocycles. The van der Waals surface area contributed by atoms with Gasteiger partial charge >= 0.3 is 6.18 Å². The van der Waals surface area contributed by atoms with E-state index < -0.39 is 38.1 Å². The van der Waals surface area contributed by atoms with Gasteiger partial charge in [0, 0.05) is 11.3 Å². The Hall–Kier alpha value is -0.903. The van der Waals surface area contributed by atoms with Gasteiger partial charge in [-0.1, -0.05) is 51.7 Å². The topological polar surface area (TPSA) is 20.2 Å². The van der Waals surface area contributed by atoms with Crippen LogP contribution in [-0.2, 0) is 5.41 Å². The lowest BCUT2D eigenvalue weighted by molar-refractivity contribution is -0.264.